The Labute approximate surface area is 160 Å². The lowest BCUT2D eigenvalue weighted by Gasteiger charge is -2.21. The van der Waals surface area contributed by atoms with Crippen molar-refractivity contribution in [1.29, 1.82) is 0 Å². The molecule has 1 aliphatic rings. The molecule has 27 heavy (non-hydrogen) atoms. The molecular weight excluding hydrogens is 346 g/mol. The highest BCUT2D eigenvalue weighted by molar-refractivity contribution is 6.09. The predicted octanol–water partition coefficient (Wildman–Crippen LogP) is 3.30. The van der Waals surface area contributed by atoms with Crippen molar-refractivity contribution in [2.75, 3.05) is 19.0 Å². The monoisotopic (exact) mass is 375 g/mol. The van der Waals surface area contributed by atoms with Crippen molar-refractivity contribution in [1.82, 2.24) is 10.2 Å². The number of hydrogen-bond acceptors (Lipinski definition) is 4. The highest BCUT2D eigenvalue weighted by Crippen LogP contribution is 2.24. The zero-order valence-corrected chi connectivity index (χ0v) is 16.3. The van der Waals surface area contributed by atoms with Crippen LogP contribution in [0, 0.1) is 0 Å². The summed E-state index contributed by atoms with van der Waals surface area (Å²) in [5.41, 5.74) is -0.385. The highest BCUT2D eigenvalue weighted by Gasteiger charge is 2.47. The first-order chi connectivity index (χ1) is 12.9. The molecule has 4 amide bonds. The van der Waals surface area contributed by atoms with Crippen LogP contribution in [0.3, 0.4) is 0 Å². The van der Waals surface area contributed by atoms with E-state index >= 15 is 0 Å². The van der Waals surface area contributed by atoms with Crippen LogP contribution in [0.5, 0.6) is 5.75 Å². The minimum atomic E-state index is -0.931. The number of carbonyl (C=O) groups is 3. The van der Waals surface area contributed by atoms with Gasteiger partial charge in [0.25, 0.3) is 5.91 Å². The SMILES string of the molecule is CCCCCCC[C@]1(C)NC(=O)N(CC(=O)Nc2cccc(OC)c2)C1=O. The van der Waals surface area contributed by atoms with Gasteiger partial charge in [-0.1, -0.05) is 45.1 Å². The second kappa shape index (κ2) is 9.39. The van der Waals surface area contributed by atoms with Gasteiger partial charge in [0.15, 0.2) is 0 Å². The summed E-state index contributed by atoms with van der Waals surface area (Å²) in [6.45, 7) is 3.57. The summed E-state index contributed by atoms with van der Waals surface area (Å²) in [5, 5.41) is 5.43. The normalized spacial score (nSPS) is 19.1. The van der Waals surface area contributed by atoms with Crippen LogP contribution in [0.4, 0.5) is 10.5 Å². The largest absolute Gasteiger partial charge is 0.497 e. The van der Waals surface area contributed by atoms with Crippen LogP contribution in [-0.4, -0.2) is 41.9 Å². The van der Waals surface area contributed by atoms with Gasteiger partial charge in [-0.3, -0.25) is 14.5 Å². The molecule has 2 rings (SSSR count). The first-order valence-electron chi connectivity index (χ1n) is 9.47. The van der Waals surface area contributed by atoms with Crippen LogP contribution in [0.15, 0.2) is 24.3 Å². The molecule has 1 heterocycles. The summed E-state index contributed by atoms with van der Waals surface area (Å²) in [5.74, 6) is -0.166. The Morgan fingerprint density at radius 1 is 1.22 bits per heavy atom. The highest BCUT2D eigenvalue weighted by atomic mass is 16.5. The molecule has 2 N–H and O–H groups in total. The van der Waals surface area contributed by atoms with Gasteiger partial charge in [-0.25, -0.2) is 4.79 Å². The van der Waals surface area contributed by atoms with Crippen molar-refractivity contribution in [3.63, 3.8) is 0 Å². The number of nitrogens with one attached hydrogen (secondary N) is 2. The van der Waals surface area contributed by atoms with Crippen molar-refractivity contribution in [3.8, 4) is 5.75 Å². The molecule has 0 spiro atoms. The van der Waals surface area contributed by atoms with Gasteiger partial charge < -0.3 is 15.4 Å². The van der Waals surface area contributed by atoms with Gasteiger partial charge in [0.05, 0.1) is 7.11 Å². The Morgan fingerprint density at radius 2 is 1.96 bits per heavy atom. The third-order valence-electron chi connectivity index (χ3n) is 4.78. The lowest BCUT2D eigenvalue weighted by Crippen LogP contribution is -2.44. The number of nitrogens with zero attached hydrogens (tertiary/aromatic N) is 1. The third kappa shape index (κ3) is 5.45. The molecule has 1 atom stereocenters. The number of imide groups is 1. The van der Waals surface area contributed by atoms with Crippen molar-refractivity contribution in [3.05, 3.63) is 24.3 Å². The summed E-state index contributed by atoms with van der Waals surface area (Å²) >= 11 is 0. The van der Waals surface area contributed by atoms with E-state index in [1.54, 1.807) is 31.2 Å². The molecule has 1 saturated heterocycles. The fourth-order valence-corrected chi connectivity index (χ4v) is 3.19. The zero-order valence-electron chi connectivity index (χ0n) is 16.3. The Hall–Kier alpha value is -2.57. The zero-order chi connectivity index (χ0) is 19.9. The molecule has 0 aliphatic carbocycles. The van der Waals surface area contributed by atoms with Crippen molar-refractivity contribution in [2.24, 2.45) is 0 Å². The number of amides is 4. The lowest BCUT2D eigenvalue weighted by molar-refractivity contribution is -0.133. The number of hydrogen-bond donors (Lipinski definition) is 2. The molecule has 7 heteroatoms. The molecule has 0 unspecified atom stereocenters. The topological polar surface area (TPSA) is 87.7 Å². The van der Waals surface area contributed by atoms with Crippen LogP contribution in [0.1, 0.15) is 52.4 Å². The van der Waals surface area contributed by atoms with Gasteiger partial charge in [-0.2, -0.15) is 0 Å². The smallest absolute Gasteiger partial charge is 0.325 e. The molecule has 0 aromatic heterocycles. The van der Waals surface area contributed by atoms with Gasteiger partial charge in [-0.05, 0) is 25.5 Å². The van der Waals surface area contributed by atoms with Gasteiger partial charge in [-0.15, -0.1) is 0 Å². The van der Waals surface area contributed by atoms with Crippen molar-refractivity contribution >= 4 is 23.5 Å². The standard InChI is InChI=1S/C20H29N3O4/c1-4-5-6-7-8-12-20(2)18(25)23(19(26)22-20)14-17(24)21-15-10-9-11-16(13-15)27-3/h9-11,13H,4-8,12,14H2,1-3H3,(H,21,24)(H,22,26)/t20-/m0/s1. The van der Waals surface area contributed by atoms with E-state index in [9.17, 15) is 14.4 Å². The fraction of sp³-hybridized carbons (Fsp3) is 0.550. The van der Waals surface area contributed by atoms with E-state index in [1.165, 1.54) is 13.5 Å². The number of methoxy groups -OCH3 is 1. The Balaban J connectivity index is 1.91. The molecule has 1 aromatic carbocycles. The number of urea groups is 1. The molecule has 0 radical (unpaired) electrons. The van der Waals surface area contributed by atoms with E-state index in [-0.39, 0.29) is 12.5 Å². The number of rotatable bonds is 10. The van der Waals surface area contributed by atoms with Gasteiger partial charge in [0.1, 0.15) is 17.8 Å². The average molecular weight is 375 g/mol. The summed E-state index contributed by atoms with van der Waals surface area (Å²) in [6.07, 6.45) is 5.93. The number of carbonyl (C=O) groups excluding carboxylic acids is 3. The molecule has 1 fully saturated rings. The van der Waals surface area contributed by atoms with Gasteiger partial charge in [0.2, 0.25) is 5.91 Å². The Kier molecular flexibility index (Phi) is 7.21. The molecule has 0 bridgehead atoms. The first kappa shape index (κ1) is 20.7. The summed E-state index contributed by atoms with van der Waals surface area (Å²) in [7, 11) is 1.54. The van der Waals surface area contributed by atoms with Crippen molar-refractivity contribution in [2.45, 2.75) is 57.9 Å². The number of ether oxygens (including phenoxy) is 1. The van der Waals surface area contributed by atoms with Crippen molar-refractivity contribution < 1.29 is 19.1 Å². The third-order valence-corrected chi connectivity index (χ3v) is 4.78. The summed E-state index contributed by atoms with van der Waals surface area (Å²) in [6, 6.07) is 6.38. The number of anilines is 1. The summed E-state index contributed by atoms with van der Waals surface area (Å²) < 4.78 is 5.11. The van der Waals surface area contributed by atoms with Gasteiger partial charge >= 0.3 is 6.03 Å². The van der Waals surface area contributed by atoms with Crippen LogP contribution < -0.4 is 15.4 Å². The van der Waals surface area contributed by atoms with E-state index < -0.39 is 17.5 Å². The average Bonchev–Trinajstić information content (AvgIpc) is 2.85. The van der Waals surface area contributed by atoms with E-state index in [0.717, 1.165) is 30.6 Å². The molecule has 7 nitrogen and oxygen atoms in total. The van der Waals surface area contributed by atoms with Crippen LogP contribution in [-0.2, 0) is 9.59 Å². The van der Waals surface area contributed by atoms with E-state index in [2.05, 4.69) is 17.6 Å². The minimum Gasteiger partial charge on any atom is -0.497 e. The Morgan fingerprint density at radius 3 is 2.67 bits per heavy atom. The number of unbranched alkanes of at least 4 members (excludes halogenated alkanes) is 4. The first-order valence-corrected chi connectivity index (χ1v) is 9.47. The predicted molar refractivity (Wildman–Crippen MR) is 104 cm³/mol. The van der Waals surface area contributed by atoms with Crippen LogP contribution >= 0.6 is 0 Å². The minimum absolute atomic E-state index is 0.312. The molecule has 1 aliphatic heterocycles. The quantitative estimate of drug-likeness (QED) is 0.485. The molecule has 148 valence electrons. The maximum atomic E-state index is 12.7. The molecular formula is C20H29N3O4. The lowest BCUT2D eigenvalue weighted by atomic mass is 9.94. The Bertz CT molecular complexity index is 692. The maximum Gasteiger partial charge on any atom is 0.325 e. The van der Waals surface area contributed by atoms with E-state index in [0.29, 0.717) is 17.9 Å². The molecule has 0 saturated carbocycles. The van der Waals surface area contributed by atoms with Crippen LogP contribution in [0.25, 0.3) is 0 Å². The summed E-state index contributed by atoms with van der Waals surface area (Å²) in [4.78, 5) is 38.2. The molecule has 1 aromatic rings. The van der Waals surface area contributed by atoms with E-state index in [4.69, 9.17) is 4.74 Å². The fourth-order valence-electron chi connectivity index (χ4n) is 3.19. The maximum absolute atomic E-state index is 12.7. The second-order valence-electron chi connectivity index (χ2n) is 7.10. The number of benzene rings is 1. The van der Waals surface area contributed by atoms with Gasteiger partial charge in [0, 0.05) is 11.8 Å². The van der Waals surface area contributed by atoms with Crippen LogP contribution in [0.2, 0.25) is 0 Å². The van der Waals surface area contributed by atoms with E-state index in [1.807, 2.05) is 0 Å². The second-order valence-corrected chi connectivity index (χ2v) is 7.10.